The van der Waals surface area contributed by atoms with Gasteiger partial charge in [-0.3, -0.25) is 13.9 Å². The van der Waals surface area contributed by atoms with Crippen LogP contribution in [0.15, 0.2) is 108 Å². The van der Waals surface area contributed by atoms with Gasteiger partial charge in [0.25, 0.3) is 10.0 Å². The van der Waals surface area contributed by atoms with Gasteiger partial charge in [0.05, 0.1) is 10.6 Å². The SMILES string of the molecule is Cc1ccc(N(CC(=O)N(Cc2ccc(F)cc2)C(Cc2ccccc2)C(=O)NC(C)(C)C)S(=O)(=O)c2ccc(F)cc2)cc1. The molecular weight excluding hydrogens is 596 g/mol. The second kappa shape index (κ2) is 14.0. The number of hydrogen-bond acceptors (Lipinski definition) is 4. The number of nitrogens with zero attached hydrogens (tertiary/aromatic N) is 2. The van der Waals surface area contributed by atoms with Crippen molar-refractivity contribution in [2.45, 2.75) is 57.1 Å². The number of rotatable bonds is 11. The Morgan fingerprint density at radius 1 is 0.778 bits per heavy atom. The topological polar surface area (TPSA) is 86.8 Å². The highest BCUT2D eigenvalue weighted by Crippen LogP contribution is 2.26. The molecule has 4 rings (SSSR count). The van der Waals surface area contributed by atoms with E-state index in [-0.39, 0.29) is 23.5 Å². The van der Waals surface area contributed by atoms with Gasteiger partial charge in [0, 0.05) is 18.5 Å². The summed E-state index contributed by atoms with van der Waals surface area (Å²) < 4.78 is 56.4. The molecule has 0 heterocycles. The van der Waals surface area contributed by atoms with Crippen molar-refractivity contribution in [3.05, 3.63) is 131 Å². The van der Waals surface area contributed by atoms with Crippen molar-refractivity contribution in [2.24, 2.45) is 0 Å². The summed E-state index contributed by atoms with van der Waals surface area (Å²) in [6, 6.07) is 24.7. The molecule has 4 aromatic rings. The minimum absolute atomic E-state index is 0.0908. The van der Waals surface area contributed by atoms with E-state index in [4.69, 9.17) is 0 Å². The number of benzene rings is 4. The highest BCUT2D eigenvalue weighted by molar-refractivity contribution is 7.92. The van der Waals surface area contributed by atoms with E-state index in [1.165, 1.54) is 29.2 Å². The summed E-state index contributed by atoms with van der Waals surface area (Å²) in [4.78, 5) is 29.4. The van der Waals surface area contributed by atoms with Crippen molar-refractivity contribution in [1.82, 2.24) is 10.2 Å². The largest absolute Gasteiger partial charge is 0.350 e. The second-order valence-corrected chi connectivity index (χ2v) is 13.8. The number of nitrogens with one attached hydrogen (secondary N) is 1. The normalized spacial score (nSPS) is 12.3. The lowest BCUT2D eigenvalue weighted by Gasteiger charge is -2.35. The predicted octanol–water partition coefficient (Wildman–Crippen LogP) is 6.02. The van der Waals surface area contributed by atoms with Gasteiger partial charge in [0.15, 0.2) is 0 Å². The average Bonchev–Trinajstić information content (AvgIpc) is 2.99. The Hall–Kier alpha value is -4.57. The van der Waals surface area contributed by atoms with Crippen LogP contribution in [0.5, 0.6) is 0 Å². The lowest BCUT2D eigenvalue weighted by atomic mass is 10.0. The first-order chi connectivity index (χ1) is 21.2. The van der Waals surface area contributed by atoms with Crippen molar-refractivity contribution in [3.8, 4) is 0 Å². The number of sulfonamides is 1. The Bertz CT molecular complexity index is 1710. The summed E-state index contributed by atoms with van der Waals surface area (Å²) in [5.74, 6) is -2.15. The molecule has 1 N–H and O–H groups in total. The molecule has 0 saturated carbocycles. The van der Waals surface area contributed by atoms with Crippen LogP contribution in [-0.2, 0) is 32.6 Å². The van der Waals surface area contributed by atoms with Gasteiger partial charge < -0.3 is 10.2 Å². The van der Waals surface area contributed by atoms with Crippen LogP contribution in [0.4, 0.5) is 14.5 Å². The van der Waals surface area contributed by atoms with Crippen LogP contribution in [0.3, 0.4) is 0 Å². The first kappa shape index (κ1) is 33.3. The molecule has 0 aromatic heterocycles. The van der Waals surface area contributed by atoms with Crippen molar-refractivity contribution in [3.63, 3.8) is 0 Å². The van der Waals surface area contributed by atoms with Crippen LogP contribution in [0.2, 0.25) is 0 Å². The Morgan fingerprint density at radius 3 is 1.89 bits per heavy atom. The lowest BCUT2D eigenvalue weighted by molar-refractivity contribution is -0.140. The molecule has 1 atom stereocenters. The standard InChI is InChI=1S/C35H37F2N3O4S/c1-25-10-18-30(19-11-25)40(45(43,44)31-20-16-29(37)17-21-31)24-33(41)39(23-27-12-14-28(36)15-13-27)32(34(42)38-35(2,3)4)22-26-8-6-5-7-9-26/h5-21,32H,22-24H2,1-4H3,(H,38,42). The lowest BCUT2D eigenvalue weighted by Crippen LogP contribution is -2.56. The van der Waals surface area contributed by atoms with Crippen LogP contribution in [-0.4, -0.2) is 43.3 Å². The van der Waals surface area contributed by atoms with Crippen LogP contribution in [0.25, 0.3) is 0 Å². The fraction of sp³-hybridized carbons (Fsp3) is 0.257. The quantitative estimate of drug-likeness (QED) is 0.219. The average molecular weight is 634 g/mol. The molecule has 0 aliphatic carbocycles. The highest BCUT2D eigenvalue weighted by atomic mass is 32.2. The summed E-state index contributed by atoms with van der Waals surface area (Å²) in [5.41, 5.74) is 1.81. The first-order valence-electron chi connectivity index (χ1n) is 14.5. The molecule has 0 fully saturated rings. The number of halogens is 2. The molecule has 4 aromatic carbocycles. The molecule has 0 aliphatic rings. The van der Waals surface area contributed by atoms with Gasteiger partial charge in [0.2, 0.25) is 11.8 Å². The van der Waals surface area contributed by atoms with E-state index >= 15 is 0 Å². The molecule has 0 radical (unpaired) electrons. The summed E-state index contributed by atoms with van der Waals surface area (Å²) in [6.07, 6.45) is 0.144. The fourth-order valence-electron chi connectivity index (χ4n) is 4.77. The van der Waals surface area contributed by atoms with Crippen molar-refractivity contribution in [2.75, 3.05) is 10.8 Å². The zero-order chi connectivity index (χ0) is 32.8. The number of amides is 2. The molecule has 0 aliphatic heterocycles. The Morgan fingerprint density at radius 2 is 1.33 bits per heavy atom. The van der Waals surface area contributed by atoms with Gasteiger partial charge in [-0.25, -0.2) is 17.2 Å². The monoisotopic (exact) mass is 633 g/mol. The zero-order valence-corrected chi connectivity index (χ0v) is 26.5. The summed E-state index contributed by atoms with van der Waals surface area (Å²) in [7, 11) is -4.36. The zero-order valence-electron chi connectivity index (χ0n) is 25.7. The predicted molar refractivity (Wildman–Crippen MR) is 171 cm³/mol. The minimum Gasteiger partial charge on any atom is -0.350 e. The number of anilines is 1. The number of carbonyl (C=O) groups excluding carboxylic acids is 2. The van der Waals surface area contributed by atoms with E-state index in [2.05, 4.69) is 5.32 Å². The van der Waals surface area contributed by atoms with Gasteiger partial charge >= 0.3 is 0 Å². The molecule has 7 nitrogen and oxygen atoms in total. The molecule has 0 bridgehead atoms. The van der Waals surface area contributed by atoms with Gasteiger partial charge in [-0.1, -0.05) is 60.2 Å². The Kier molecular flexibility index (Phi) is 10.4. The molecule has 0 saturated heterocycles. The smallest absolute Gasteiger partial charge is 0.264 e. The third-order valence-corrected chi connectivity index (χ3v) is 8.83. The Balaban J connectivity index is 1.81. The minimum atomic E-state index is -4.36. The van der Waals surface area contributed by atoms with Crippen molar-refractivity contribution in [1.29, 1.82) is 0 Å². The molecule has 2 amide bonds. The second-order valence-electron chi connectivity index (χ2n) is 11.9. The number of carbonyl (C=O) groups is 2. The van der Waals surface area contributed by atoms with E-state index in [1.807, 2.05) is 58.0 Å². The van der Waals surface area contributed by atoms with E-state index in [0.29, 0.717) is 5.56 Å². The van der Waals surface area contributed by atoms with E-state index < -0.39 is 51.6 Å². The third-order valence-electron chi connectivity index (χ3n) is 7.04. The van der Waals surface area contributed by atoms with Crippen LogP contribution in [0, 0.1) is 18.6 Å². The molecular formula is C35H37F2N3O4S. The molecule has 236 valence electrons. The van der Waals surface area contributed by atoms with Gasteiger partial charge in [-0.05, 0) is 87.4 Å². The van der Waals surface area contributed by atoms with E-state index in [0.717, 1.165) is 39.7 Å². The first-order valence-corrected chi connectivity index (χ1v) is 15.9. The molecule has 1 unspecified atom stereocenters. The number of hydrogen-bond donors (Lipinski definition) is 1. The van der Waals surface area contributed by atoms with Gasteiger partial charge in [-0.15, -0.1) is 0 Å². The van der Waals surface area contributed by atoms with Crippen LogP contribution in [0.1, 0.15) is 37.5 Å². The van der Waals surface area contributed by atoms with Crippen LogP contribution >= 0.6 is 0 Å². The van der Waals surface area contributed by atoms with Crippen molar-refractivity contribution >= 4 is 27.5 Å². The maximum absolute atomic E-state index is 14.4. The van der Waals surface area contributed by atoms with E-state index in [9.17, 15) is 26.8 Å². The molecule has 0 spiro atoms. The maximum atomic E-state index is 14.4. The van der Waals surface area contributed by atoms with Gasteiger partial charge in [0.1, 0.15) is 24.2 Å². The van der Waals surface area contributed by atoms with Crippen LogP contribution < -0.4 is 9.62 Å². The summed E-state index contributed by atoms with van der Waals surface area (Å²) >= 11 is 0. The number of aryl methyl sites for hydroxylation is 1. The van der Waals surface area contributed by atoms with Gasteiger partial charge in [-0.2, -0.15) is 0 Å². The Labute approximate surface area is 263 Å². The third kappa shape index (κ3) is 8.98. The summed E-state index contributed by atoms with van der Waals surface area (Å²) in [6.45, 7) is 6.58. The fourth-order valence-corrected chi connectivity index (χ4v) is 6.18. The van der Waals surface area contributed by atoms with E-state index in [1.54, 1.807) is 24.3 Å². The molecule has 10 heteroatoms. The van der Waals surface area contributed by atoms with Crippen molar-refractivity contribution < 1.29 is 26.8 Å². The highest BCUT2D eigenvalue weighted by Gasteiger charge is 2.35. The maximum Gasteiger partial charge on any atom is 0.264 e. The summed E-state index contributed by atoms with van der Waals surface area (Å²) in [5, 5.41) is 2.96. The molecule has 45 heavy (non-hydrogen) atoms.